The highest BCUT2D eigenvalue weighted by atomic mass is 32.2. The van der Waals surface area contributed by atoms with Gasteiger partial charge in [0.15, 0.2) is 9.79 Å². The smallest absolute Gasteiger partial charge is 0.158 e. The quantitative estimate of drug-likeness (QED) is 0.0903. The lowest BCUT2D eigenvalue weighted by molar-refractivity contribution is 0.463. The maximum Gasteiger partial charge on any atom is 0.158 e. The first-order chi connectivity index (χ1) is 23.8. The number of aryl methyl sites for hydroxylation is 1. The molecule has 0 saturated heterocycles. The van der Waals surface area contributed by atoms with Crippen molar-refractivity contribution in [2.75, 3.05) is 0 Å². The van der Waals surface area contributed by atoms with E-state index in [1.54, 1.807) is 23.9 Å². The zero-order chi connectivity index (χ0) is 34.1. The van der Waals surface area contributed by atoms with E-state index in [9.17, 15) is 13.0 Å². The fourth-order valence-corrected chi connectivity index (χ4v) is 7.42. The van der Waals surface area contributed by atoms with Crippen molar-refractivity contribution in [1.29, 1.82) is 0 Å². The van der Waals surface area contributed by atoms with Gasteiger partial charge < -0.3 is 4.55 Å². The van der Waals surface area contributed by atoms with Gasteiger partial charge in [0.05, 0.1) is 4.90 Å². The van der Waals surface area contributed by atoms with E-state index in [1.807, 2.05) is 6.92 Å². The monoisotopic (exact) mass is 694 g/mol. The van der Waals surface area contributed by atoms with Crippen LogP contribution in [-0.2, 0) is 21.9 Å². The van der Waals surface area contributed by atoms with Crippen LogP contribution in [0.25, 0.3) is 33.4 Å². The lowest BCUT2D eigenvalue weighted by Crippen LogP contribution is -1.97. The number of rotatable bonds is 8. The SMILES string of the molecule is Cc1ccc(S(=O)(=O)[O-])cc1.c1ccc(-c2ccc(Sc3ccc([SH+]c4ccc(-c5ccccc5-c5ccccc5)cc4)cc3)cc2)cc1. The normalized spacial score (nSPS) is 11.0. The van der Waals surface area contributed by atoms with Crippen LogP contribution in [0.3, 0.4) is 0 Å². The van der Waals surface area contributed by atoms with Crippen LogP contribution in [0.5, 0.6) is 0 Å². The van der Waals surface area contributed by atoms with E-state index in [0.717, 1.165) is 5.56 Å². The molecule has 0 spiro atoms. The average Bonchev–Trinajstić information content (AvgIpc) is 3.14. The third-order valence-corrected chi connectivity index (χ3v) is 10.8. The van der Waals surface area contributed by atoms with Crippen LogP contribution in [0.2, 0.25) is 0 Å². The standard InChI is InChI=1S/C36H26S2.C7H8O3S/c1-3-9-27(10-4-1)28-15-19-31(20-16-28)37-33-23-25-34(26-24-33)38-32-21-17-30(18-22-32)36-14-8-7-13-35(36)29-11-5-2-6-12-29;1-6-2-4-7(5-3-6)11(8,9)10/h1-26H;2-5H,1H3,(H,8,9,10). The molecule has 0 saturated carbocycles. The van der Waals surface area contributed by atoms with Crippen molar-refractivity contribution < 1.29 is 13.0 Å². The number of hydrogen-bond acceptors (Lipinski definition) is 4. The Balaban J connectivity index is 0.000000324. The highest BCUT2D eigenvalue weighted by Gasteiger charge is 2.11. The maximum atomic E-state index is 10.4. The minimum atomic E-state index is -4.27. The second-order valence-corrected chi connectivity index (χ2v) is 15.1. The highest BCUT2D eigenvalue weighted by molar-refractivity contribution is 7.99. The van der Waals surface area contributed by atoms with Crippen molar-refractivity contribution in [2.24, 2.45) is 0 Å². The minimum Gasteiger partial charge on any atom is -0.744 e. The fraction of sp³-hybridized carbons (Fsp3) is 0.0233. The molecule has 0 atom stereocenters. The topological polar surface area (TPSA) is 57.2 Å². The summed E-state index contributed by atoms with van der Waals surface area (Å²) in [6.07, 6.45) is 0. The molecule has 0 aliphatic rings. The highest BCUT2D eigenvalue weighted by Crippen LogP contribution is 2.33. The van der Waals surface area contributed by atoms with Crippen LogP contribution < -0.4 is 0 Å². The van der Waals surface area contributed by atoms with Gasteiger partial charge in [0.2, 0.25) is 0 Å². The van der Waals surface area contributed by atoms with Crippen molar-refractivity contribution in [3.8, 4) is 33.4 Å². The molecule has 0 aliphatic carbocycles. The van der Waals surface area contributed by atoms with Gasteiger partial charge in [-0.1, -0.05) is 127 Å². The molecule has 0 radical (unpaired) electrons. The van der Waals surface area contributed by atoms with Crippen molar-refractivity contribution in [3.63, 3.8) is 0 Å². The summed E-state index contributed by atoms with van der Waals surface area (Å²) < 4.78 is 31.2. The molecule has 0 unspecified atom stereocenters. The third-order valence-electron chi connectivity index (χ3n) is 7.79. The lowest BCUT2D eigenvalue weighted by Gasteiger charge is -2.10. The predicted octanol–water partition coefficient (Wildman–Crippen LogP) is 11.0. The number of benzene rings is 7. The van der Waals surface area contributed by atoms with Crippen molar-refractivity contribution in [1.82, 2.24) is 0 Å². The molecule has 6 heteroatoms. The molecule has 3 nitrogen and oxygen atoms in total. The maximum absolute atomic E-state index is 10.4. The Labute approximate surface area is 297 Å². The molecular formula is C43H34O3S3. The van der Waals surface area contributed by atoms with E-state index < -0.39 is 10.1 Å². The van der Waals surface area contributed by atoms with E-state index in [0.29, 0.717) is 0 Å². The van der Waals surface area contributed by atoms with Crippen molar-refractivity contribution in [2.45, 2.75) is 31.4 Å². The summed E-state index contributed by atoms with van der Waals surface area (Å²) >= 11 is 3.02. The first kappa shape index (κ1) is 34.0. The number of hydrogen-bond donors (Lipinski definition) is 0. The zero-order valence-electron chi connectivity index (χ0n) is 26.8. The Morgan fingerprint density at radius 2 is 0.837 bits per heavy atom. The predicted molar refractivity (Wildman–Crippen MR) is 204 cm³/mol. The molecule has 0 aromatic heterocycles. The van der Waals surface area contributed by atoms with E-state index in [4.69, 9.17) is 0 Å². The molecule has 0 fully saturated rings. The van der Waals surface area contributed by atoms with E-state index in [-0.39, 0.29) is 4.90 Å². The summed E-state index contributed by atoms with van der Waals surface area (Å²) in [4.78, 5) is 4.92. The molecule has 7 rings (SSSR count). The Kier molecular flexibility index (Phi) is 11.1. The van der Waals surface area contributed by atoms with E-state index >= 15 is 0 Å². The summed E-state index contributed by atoms with van der Waals surface area (Å²) in [6.45, 7) is 1.82. The summed E-state index contributed by atoms with van der Waals surface area (Å²) in [6, 6.07) is 62.3. The van der Waals surface area contributed by atoms with Crippen LogP contribution in [0.1, 0.15) is 5.56 Å². The number of thiol groups is 1. The van der Waals surface area contributed by atoms with Gasteiger partial charge in [0.1, 0.15) is 10.1 Å². The Hall–Kier alpha value is -4.85. The van der Waals surface area contributed by atoms with Gasteiger partial charge >= 0.3 is 0 Å². The molecule has 242 valence electrons. The molecule has 0 aliphatic heterocycles. The molecule has 7 aromatic rings. The van der Waals surface area contributed by atoms with E-state index in [1.165, 1.54) is 76.9 Å². The van der Waals surface area contributed by atoms with Crippen LogP contribution in [0, 0.1) is 6.92 Å². The Morgan fingerprint density at radius 3 is 1.35 bits per heavy atom. The molecule has 0 amide bonds. The molecule has 49 heavy (non-hydrogen) atoms. The van der Waals surface area contributed by atoms with Crippen LogP contribution in [-0.4, -0.2) is 13.0 Å². The van der Waals surface area contributed by atoms with Crippen LogP contribution in [0.15, 0.2) is 206 Å². The van der Waals surface area contributed by atoms with Gasteiger partial charge in [0.25, 0.3) is 0 Å². The summed E-state index contributed by atoms with van der Waals surface area (Å²) in [5.74, 6) is 0. The molecule has 7 aromatic carbocycles. The Bertz CT molecular complexity index is 2200. The fourth-order valence-electron chi connectivity index (χ4n) is 5.24. The van der Waals surface area contributed by atoms with Crippen molar-refractivity contribution >= 4 is 33.6 Å². The first-order valence-corrected chi connectivity index (χ1v) is 18.9. The Morgan fingerprint density at radius 1 is 0.449 bits per heavy atom. The minimum absolute atomic E-state index is 0.178. The van der Waals surface area contributed by atoms with Crippen LogP contribution in [0.4, 0.5) is 0 Å². The van der Waals surface area contributed by atoms with Gasteiger partial charge in [-0.15, -0.1) is 0 Å². The van der Waals surface area contributed by atoms with Gasteiger partial charge in [0, 0.05) is 21.6 Å². The average molecular weight is 695 g/mol. The lowest BCUT2D eigenvalue weighted by atomic mass is 9.95. The molecule has 0 heterocycles. The van der Waals surface area contributed by atoms with Gasteiger partial charge in [-0.3, -0.25) is 0 Å². The van der Waals surface area contributed by atoms with Gasteiger partial charge in [-0.2, -0.15) is 0 Å². The summed E-state index contributed by atoms with van der Waals surface area (Å²) in [5.41, 5.74) is 8.45. The van der Waals surface area contributed by atoms with Crippen molar-refractivity contribution in [3.05, 3.63) is 188 Å². The largest absolute Gasteiger partial charge is 0.744 e. The first-order valence-electron chi connectivity index (χ1n) is 15.7. The van der Waals surface area contributed by atoms with Crippen LogP contribution >= 0.6 is 11.8 Å². The second-order valence-electron chi connectivity index (χ2n) is 11.3. The van der Waals surface area contributed by atoms with Gasteiger partial charge in [-0.25, -0.2) is 8.42 Å². The second kappa shape index (κ2) is 16.0. The zero-order valence-corrected chi connectivity index (χ0v) is 29.3. The summed E-state index contributed by atoms with van der Waals surface area (Å²) in [7, 11) is -4.27. The molecule has 0 bridgehead atoms. The molecular weight excluding hydrogens is 661 g/mol. The van der Waals surface area contributed by atoms with E-state index in [2.05, 4.69) is 158 Å². The third kappa shape index (κ3) is 9.40. The molecule has 0 N–H and O–H groups in total. The summed E-state index contributed by atoms with van der Waals surface area (Å²) in [5, 5.41) is 0. The van der Waals surface area contributed by atoms with Gasteiger partial charge in [-0.05, 0) is 113 Å².